The molecule has 1 aliphatic heterocycles. The lowest BCUT2D eigenvalue weighted by Gasteiger charge is -2.32. The fraction of sp³-hybridized carbons (Fsp3) is 0.526. The van der Waals surface area contributed by atoms with E-state index in [4.69, 9.17) is 9.47 Å². The predicted octanol–water partition coefficient (Wildman–Crippen LogP) is 2.09. The Kier molecular flexibility index (Phi) is 8.09. The molecule has 0 saturated carbocycles. The standard InChI is InChI=1S/C19H25BrN2O5/c1-3-26-19(25)14-5-4-10-22(11-14)17(23)12-21(2)18(24)13-27-16-8-6-15(20)7-9-16/h6-9,14H,3-5,10-13H2,1-2H3. The van der Waals surface area contributed by atoms with Gasteiger partial charge in [-0.15, -0.1) is 0 Å². The fourth-order valence-electron chi connectivity index (χ4n) is 2.83. The first-order valence-electron chi connectivity index (χ1n) is 8.97. The highest BCUT2D eigenvalue weighted by Crippen LogP contribution is 2.18. The van der Waals surface area contributed by atoms with Crippen LogP contribution in [0.25, 0.3) is 0 Å². The first-order chi connectivity index (χ1) is 12.9. The first kappa shape index (κ1) is 21.2. The molecule has 7 nitrogen and oxygen atoms in total. The normalized spacial score (nSPS) is 16.6. The van der Waals surface area contributed by atoms with Crippen molar-refractivity contribution in [1.82, 2.24) is 9.80 Å². The Morgan fingerprint density at radius 3 is 2.63 bits per heavy atom. The number of esters is 1. The maximum absolute atomic E-state index is 12.5. The summed E-state index contributed by atoms with van der Waals surface area (Å²) in [5, 5.41) is 0. The fourth-order valence-corrected chi connectivity index (χ4v) is 3.10. The summed E-state index contributed by atoms with van der Waals surface area (Å²) < 4.78 is 11.4. The maximum Gasteiger partial charge on any atom is 0.310 e. The Balaban J connectivity index is 1.80. The molecule has 1 aromatic carbocycles. The number of hydrogen-bond donors (Lipinski definition) is 0. The summed E-state index contributed by atoms with van der Waals surface area (Å²) in [6.45, 7) is 2.84. The molecule has 0 aliphatic carbocycles. The second-order valence-corrected chi connectivity index (χ2v) is 7.34. The van der Waals surface area contributed by atoms with E-state index in [1.165, 1.54) is 4.90 Å². The van der Waals surface area contributed by atoms with Gasteiger partial charge < -0.3 is 19.3 Å². The van der Waals surface area contributed by atoms with Gasteiger partial charge in [-0.2, -0.15) is 0 Å². The van der Waals surface area contributed by atoms with Crippen LogP contribution >= 0.6 is 15.9 Å². The summed E-state index contributed by atoms with van der Waals surface area (Å²) in [7, 11) is 1.57. The van der Waals surface area contributed by atoms with E-state index < -0.39 is 0 Å². The van der Waals surface area contributed by atoms with Crippen LogP contribution in [0.15, 0.2) is 28.7 Å². The van der Waals surface area contributed by atoms with Gasteiger partial charge in [0.05, 0.1) is 19.1 Å². The Morgan fingerprint density at radius 2 is 1.96 bits per heavy atom. The summed E-state index contributed by atoms with van der Waals surface area (Å²) in [5.41, 5.74) is 0. The van der Waals surface area contributed by atoms with E-state index in [2.05, 4.69) is 15.9 Å². The third-order valence-electron chi connectivity index (χ3n) is 4.37. The van der Waals surface area contributed by atoms with Gasteiger partial charge in [-0.05, 0) is 44.0 Å². The van der Waals surface area contributed by atoms with Gasteiger partial charge in [-0.25, -0.2) is 0 Å². The third kappa shape index (κ3) is 6.53. The minimum absolute atomic E-state index is 0.0436. The number of amides is 2. The largest absolute Gasteiger partial charge is 0.484 e. The topological polar surface area (TPSA) is 76.2 Å². The van der Waals surface area contributed by atoms with Gasteiger partial charge in [0, 0.05) is 24.6 Å². The van der Waals surface area contributed by atoms with Gasteiger partial charge in [-0.1, -0.05) is 15.9 Å². The molecule has 0 radical (unpaired) electrons. The van der Waals surface area contributed by atoms with Crippen LogP contribution in [-0.2, 0) is 19.1 Å². The predicted molar refractivity (Wildman–Crippen MR) is 103 cm³/mol. The number of nitrogens with zero attached hydrogens (tertiary/aromatic N) is 2. The number of carbonyl (C=O) groups is 3. The number of likely N-dealkylation sites (N-methyl/N-ethyl adjacent to an activating group) is 1. The molecule has 1 aromatic rings. The molecule has 1 saturated heterocycles. The zero-order valence-electron chi connectivity index (χ0n) is 15.7. The monoisotopic (exact) mass is 440 g/mol. The number of hydrogen-bond acceptors (Lipinski definition) is 5. The number of piperidine rings is 1. The molecule has 0 N–H and O–H groups in total. The van der Waals surface area contributed by atoms with Gasteiger partial charge in [0.2, 0.25) is 5.91 Å². The van der Waals surface area contributed by atoms with E-state index in [9.17, 15) is 14.4 Å². The highest BCUT2D eigenvalue weighted by molar-refractivity contribution is 9.10. The maximum atomic E-state index is 12.5. The van der Waals surface area contributed by atoms with Crippen molar-refractivity contribution in [1.29, 1.82) is 0 Å². The molecular weight excluding hydrogens is 416 g/mol. The summed E-state index contributed by atoms with van der Waals surface area (Å²) >= 11 is 3.33. The van der Waals surface area contributed by atoms with E-state index >= 15 is 0 Å². The molecule has 1 atom stereocenters. The molecule has 1 aliphatic rings. The number of halogens is 1. The van der Waals surface area contributed by atoms with Crippen molar-refractivity contribution in [3.8, 4) is 5.75 Å². The van der Waals surface area contributed by atoms with E-state index in [0.717, 1.165) is 17.3 Å². The third-order valence-corrected chi connectivity index (χ3v) is 4.90. The summed E-state index contributed by atoms with van der Waals surface area (Å²) in [5.74, 6) is -0.431. The molecule has 0 spiro atoms. The van der Waals surface area contributed by atoms with Crippen molar-refractivity contribution in [2.75, 3.05) is 39.9 Å². The van der Waals surface area contributed by atoms with Crippen molar-refractivity contribution in [3.63, 3.8) is 0 Å². The second-order valence-electron chi connectivity index (χ2n) is 6.42. The first-order valence-corrected chi connectivity index (χ1v) is 9.76. The van der Waals surface area contributed by atoms with Crippen molar-refractivity contribution >= 4 is 33.7 Å². The van der Waals surface area contributed by atoms with Crippen LogP contribution < -0.4 is 4.74 Å². The van der Waals surface area contributed by atoms with Crippen LogP contribution in [0.3, 0.4) is 0 Å². The highest BCUT2D eigenvalue weighted by Gasteiger charge is 2.30. The molecule has 1 unspecified atom stereocenters. The van der Waals surface area contributed by atoms with E-state index in [1.807, 2.05) is 12.1 Å². The lowest BCUT2D eigenvalue weighted by Crippen LogP contribution is -2.47. The summed E-state index contributed by atoms with van der Waals surface area (Å²) in [6, 6.07) is 7.16. The van der Waals surface area contributed by atoms with Crippen LogP contribution in [-0.4, -0.2) is 67.5 Å². The summed E-state index contributed by atoms with van der Waals surface area (Å²) in [6.07, 6.45) is 1.47. The quantitative estimate of drug-likeness (QED) is 0.606. The van der Waals surface area contributed by atoms with Gasteiger partial charge in [0.15, 0.2) is 6.61 Å². The smallest absolute Gasteiger partial charge is 0.310 e. The van der Waals surface area contributed by atoms with Crippen LogP contribution in [0, 0.1) is 5.92 Å². The molecule has 2 rings (SSSR count). The molecule has 0 bridgehead atoms. The molecule has 148 valence electrons. The summed E-state index contributed by atoms with van der Waals surface area (Å²) in [4.78, 5) is 39.6. The molecule has 1 heterocycles. The molecule has 1 fully saturated rings. The highest BCUT2D eigenvalue weighted by atomic mass is 79.9. The Morgan fingerprint density at radius 1 is 1.26 bits per heavy atom. The van der Waals surface area contributed by atoms with Crippen molar-refractivity contribution < 1.29 is 23.9 Å². The Labute approximate surface area is 167 Å². The van der Waals surface area contributed by atoms with E-state index in [1.54, 1.807) is 31.0 Å². The van der Waals surface area contributed by atoms with Crippen LogP contribution in [0.4, 0.5) is 0 Å². The van der Waals surface area contributed by atoms with Crippen LogP contribution in [0.2, 0.25) is 0 Å². The van der Waals surface area contributed by atoms with Crippen LogP contribution in [0.5, 0.6) is 5.75 Å². The number of ether oxygens (including phenoxy) is 2. The molecule has 8 heteroatoms. The lowest BCUT2D eigenvalue weighted by atomic mass is 9.98. The Hall–Kier alpha value is -2.09. The number of likely N-dealkylation sites (tertiary alicyclic amines) is 1. The van der Waals surface area contributed by atoms with E-state index in [-0.39, 0.29) is 36.9 Å². The van der Waals surface area contributed by atoms with E-state index in [0.29, 0.717) is 25.4 Å². The zero-order valence-corrected chi connectivity index (χ0v) is 17.2. The molecular formula is C19H25BrN2O5. The Bertz CT molecular complexity index is 665. The average molecular weight is 441 g/mol. The van der Waals surface area contributed by atoms with Crippen molar-refractivity contribution in [2.45, 2.75) is 19.8 Å². The number of benzene rings is 1. The number of rotatable bonds is 7. The van der Waals surface area contributed by atoms with Crippen LogP contribution in [0.1, 0.15) is 19.8 Å². The number of carbonyl (C=O) groups excluding carboxylic acids is 3. The second kappa shape index (κ2) is 10.3. The zero-order chi connectivity index (χ0) is 19.8. The van der Waals surface area contributed by atoms with Crippen molar-refractivity contribution in [3.05, 3.63) is 28.7 Å². The van der Waals surface area contributed by atoms with Crippen molar-refractivity contribution in [2.24, 2.45) is 5.92 Å². The molecule has 27 heavy (non-hydrogen) atoms. The van der Waals surface area contributed by atoms with Gasteiger partial charge >= 0.3 is 5.97 Å². The van der Waals surface area contributed by atoms with Gasteiger partial charge in [0.1, 0.15) is 5.75 Å². The lowest BCUT2D eigenvalue weighted by molar-refractivity contribution is -0.152. The average Bonchev–Trinajstić information content (AvgIpc) is 2.67. The van der Waals surface area contributed by atoms with Gasteiger partial charge in [0.25, 0.3) is 5.91 Å². The molecule has 2 amide bonds. The SMILES string of the molecule is CCOC(=O)C1CCCN(C(=O)CN(C)C(=O)COc2ccc(Br)cc2)C1. The van der Waals surface area contributed by atoms with Gasteiger partial charge in [-0.3, -0.25) is 14.4 Å². The minimum Gasteiger partial charge on any atom is -0.484 e. The molecule has 0 aromatic heterocycles. The minimum atomic E-state index is -0.288.